The first-order valence-corrected chi connectivity index (χ1v) is 14.2. The smallest absolute Gasteiger partial charge is 0.331 e. The van der Waals surface area contributed by atoms with Gasteiger partial charge in [0.15, 0.2) is 5.78 Å². The van der Waals surface area contributed by atoms with Crippen molar-refractivity contribution in [2.24, 2.45) is 29.1 Å². The molecule has 0 unspecified atom stereocenters. The lowest BCUT2D eigenvalue weighted by molar-refractivity contribution is -0.185. The van der Waals surface area contributed by atoms with Crippen LogP contribution in [-0.2, 0) is 23.9 Å². The first-order chi connectivity index (χ1) is 17.8. The second kappa shape index (κ2) is 10.1. The number of aliphatic hydroxyl groups is 2. The van der Waals surface area contributed by atoms with Gasteiger partial charge in [0.1, 0.15) is 17.8 Å². The first-order valence-electron chi connectivity index (χ1n) is 14.2. The number of carbonyl (C=O) groups is 3. The standard InChI is InChI=1S/C31H44O7/c1-7-8-9-10-11-12-13-25(33)38-30-16-20(3)31(36)23(26(30)28(30,5)6)15-22(18-37-21(4)32)17-29(35)24(31)14-19(2)27(29)34/h12-15,20,23-24,26,35-36H,7-11,16-18H2,1-6H3/b13-12+/t20-,23+,24-,26-,29-,30+,31-/m1/s1. The molecule has 7 nitrogen and oxygen atoms in total. The Morgan fingerprint density at radius 2 is 1.87 bits per heavy atom. The van der Waals surface area contributed by atoms with E-state index >= 15 is 0 Å². The van der Waals surface area contributed by atoms with Crippen LogP contribution in [0.4, 0.5) is 0 Å². The van der Waals surface area contributed by atoms with Crippen LogP contribution < -0.4 is 0 Å². The molecule has 0 spiro atoms. The Morgan fingerprint density at radius 1 is 1.16 bits per heavy atom. The molecule has 0 amide bonds. The van der Waals surface area contributed by atoms with Gasteiger partial charge >= 0.3 is 11.9 Å². The predicted octanol–water partition coefficient (Wildman–Crippen LogP) is 4.61. The van der Waals surface area contributed by atoms with Crippen LogP contribution in [0.25, 0.3) is 0 Å². The Bertz CT molecular complexity index is 1080. The van der Waals surface area contributed by atoms with Crippen LogP contribution in [0.1, 0.15) is 86.5 Å². The molecule has 0 aromatic heterocycles. The fraction of sp³-hybridized carbons (Fsp3) is 0.710. The number of carbonyl (C=O) groups excluding carboxylic acids is 3. The van der Waals surface area contributed by atoms with Crippen molar-refractivity contribution in [2.75, 3.05) is 6.61 Å². The molecule has 0 radical (unpaired) electrons. The van der Waals surface area contributed by atoms with E-state index in [2.05, 4.69) is 20.8 Å². The molecule has 210 valence electrons. The van der Waals surface area contributed by atoms with Gasteiger partial charge in [-0.3, -0.25) is 9.59 Å². The summed E-state index contributed by atoms with van der Waals surface area (Å²) < 4.78 is 11.5. The van der Waals surface area contributed by atoms with Crippen LogP contribution >= 0.6 is 0 Å². The van der Waals surface area contributed by atoms with Crippen LogP contribution in [0.3, 0.4) is 0 Å². The van der Waals surface area contributed by atoms with E-state index in [1.165, 1.54) is 19.4 Å². The second-order valence-electron chi connectivity index (χ2n) is 12.6. The third-order valence-corrected chi connectivity index (χ3v) is 9.89. The lowest BCUT2D eigenvalue weighted by Crippen LogP contribution is -2.61. The fourth-order valence-electron chi connectivity index (χ4n) is 7.86. The zero-order valence-electron chi connectivity index (χ0n) is 23.7. The monoisotopic (exact) mass is 528 g/mol. The summed E-state index contributed by atoms with van der Waals surface area (Å²) in [4.78, 5) is 37.7. The molecule has 0 aromatic carbocycles. The van der Waals surface area contributed by atoms with E-state index in [0.717, 1.165) is 25.7 Å². The van der Waals surface area contributed by atoms with E-state index in [1.54, 1.807) is 13.0 Å². The Hall–Kier alpha value is -2.25. The molecule has 4 rings (SSSR count). The zero-order valence-corrected chi connectivity index (χ0v) is 23.7. The van der Waals surface area contributed by atoms with Gasteiger partial charge in [0.25, 0.3) is 0 Å². The number of allylic oxidation sites excluding steroid dienone is 1. The van der Waals surface area contributed by atoms with Crippen LogP contribution in [0, 0.1) is 29.1 Å². The van der Waals surface area contributed by atoms with E-state index in [-0.39, 0.29) is 30.8 Å². The van der Waals surface area contributed by atoms with Gasteiger partial charge in [-0.05, 0) is 43.3 Å². The van der Waals surface area contributed by atoms with Crippen molar-refractivity contribution in [2.45, 2.75) is 103 Å². The van der Waals surface area contributed by atoms with E-state index in [1.807, 2.05) is 19.1 Å². The largest absolute Gasteiger partial charge is 0.461 e. The lowest BCUT2D eigenvalue weighted by Gasteiger charge is -2.50. The highest BCUT2D eigenvalue weighted by Crippen LogP contribution is 2.76. The molecule has 0 bridgehead atoms. The summed E-state index contributed by atoms with van der Waals surface area (Å²) in [6.45, 7) is 11.1. The molecule has 7 atom stereocenters. The molecule has 38 heavy (non-hydrogen) atoms. The molecule has 2 saturated carbocycles. The second-order valence-corrected chi connectivity index (χ2v) is 12.6. The fourth-order valence-corrected chi connectivity index (χ4v) is 7.86. The number of Topliss-reactive ketones (excluding diaryl/α,β-unsaturated/α-hetero) is 1. The third kappa shape index (κ3) is 4.40. The molecule has 0 heterocycles. The predicted molar refractivity (Wildman–Crippen MR) is 143 cm³/mol. The van der Waals surface area contributed by atoms with Gasteiger partial charge in [-0.2, -0.15) is 0 Å². The Kier molecular flexibility index (Phi) is 7.61. The molecular formula is C31H44O7. The SMILES string of the molecule is CCCCCC/C=C/C(=O)O[C@@]12C[C@@H](C)[C@@]3(O)[C@@H](C=C(COC(C)=O)C[C@]4(O)C(=O)C(C)=C[C@@H]34)[C@@H]1C2(C)C. The Balaban J connectivity index is 1.66. The van der Waals surface area contributed by atoms with Crippen molar-refractivity contribution in [3.63, 3.8) is 0 Å². The number of fused-ring (bicyclic) bond motifs is 5. The van der Waals surface area contributed by atoms with Crippen molar-refractivity contribution in [3.05, 3.63) is 35.5 Å². The summed E-state index contributed by atoms with van der Waals surface area (Å²) in [6, 6.07) is 0. The number of ketones is 1. The van der Waals surface area contributed by atoms with Crippen LogP contribution in [0.2, 0.25) is 0 Å². The van der Waals surface area contributed by atoms with Crippen molar-refractivity contribution in [3.8, 4) is 0 Å². The van der Waals surface area contributed by atoms with E-state index in [0.29, 0.717) is 17.6 Å². The number of hydrogen-bond donors (Lipinski definition) is 2. The summed E-state index contributed by atoms with van der Waals surface area (Å²) in [5.41, 5.74) is -3.46. The molecular weight excluding hydrogens is 484 g/mol. The van der Waals surface area contributed by atoms with E-state index in [4.69, 9.17) is 9.47 Å². The number of esters is 2. The minimum absolute atomic E-state index is 0.0240. The molecule has 2 N–H and O–H groups in total. The van der Waals surface area contributed by atoms with Gasteiger partial charge in [-0.1, -0.05) is 65.2 Å². The minimum Gasteiger partial charge on any atom is -0.461 e. The first kappa shape index (κ1) is 28.8. The number of hydrogen-bond acceptors (Lipinski definition) is 7. The molecule has 0 aromatic rings. The van der Waals surface area contributed by atoms with Gasteiger partial charge < -0.3 is 19.7 Å². The summed E-state index contributed by atoms with van der Waals surface area (Å²) in [6.07, 6.45) is 12.7. The highest BCUT2D eigenvalue weighted by molar-refractivity contribution is 6.04. The van der Waals surface area contributed by atoms with Crippen molar-refractivity contribution in [1.82, 2.24) is 0 Å². The van der Waals surface area contributed by atoms with E-state index < -0.39 is 45.8 Å². The van der Waals surface area contributed by atoms with Gasteiger partial charge in [-0.15, -0.1) is 0 Å². The topological polar surface area (TPSA) is 110 Å². The van der Waals surface area contributed by atoms with Gasteiger partial charge in [-0.25, -0.2) is 4.79 Å². The third-order valence-electron chi connectivity index (χ3n) is 9.89. The highest BCUT2D eigenvalue weighted by atomic mass is 16.6. The number of rotatable bonds is 9. The lowest BCUT2D eigenvalue weighted by atomic mass is 9.60. The normalized spacial score (nSPS) is 38.9. The Morgan fingerprint density at radius 3 is 2.53 bits per heavy atom. The molecule has 2 fully saturated rings. The Labute approximate surface area is 226 Å². The molecule has 0 aliphatic heterocycles. The summed E-state index contributed by atoms with van der Waals surface area (Å²) >= 11 is 0. The summed E-state index contributed by atoms with van der Waals surface area (Å²) in [7, 11) is 0. The van der Waals surface area contributed by atoms with Gasteiger partial charge in [0, 0.05) is 42.6 Å². The highest BCUT2D eigenvalue weighted by Gasteiger charge is 2.83. The maximum Gasteiger partial charge on any atom is 0.331 e. The van der Waals surface area contributed by atoms with Gasteiger partial charge in [0.2, 0.25) is 0 Å². The van der Waals surface area contributed by atoms with Crippen molar-refractivity contribution in [1.29, 1.82) is 0 Å². The molecule has 4 aliphatic rings. The quantitative estimate of drug-likeness (QED) is 0.195. The van der Waals surface area contributed by atoms with Gasteiger partial charge in [0.05, 0.1) is 5.60 Å². The average Bonchev–Trinajstić information content (AvgIpc) is 3.24. The zero-order chi connectivity index (χ0) is 28.1. The minimum atomic E-state index is -1.82. The summed E-state index contributed by atoms with van der Waals surface area (Å²) in [5.74, 6) is -3.18. The van der Waals surface area contributed by atoms with E-state index in [9.17, 15) is 24.6 Å². The van der Waals surface area contributed by atoms with Crippen molar-refractivity contribution < 1.29 is 34.1 Å². The maximum atomic E-state index is 13.2. The maximum absolute atomic E-state index is 13.2. The molecule has 7 heteroatoms. The molecule has 0 saturated heterocycles. The van der Waals surface area contributed by atoms with Crippen LogP contribution in [0.15, 0.2) is 35.5 Å². The van der Waals surface area contributed by atoms with Crippen LogP contribution in [0.5, 0.6) is 0 Å². The molecule has 4 aliphatic carbocycles. The van der Waals surface area contributed by atoms with Crippen molar-refractivity contribution >= 4 is 17.7 Å². The average molecular weight is 529 g/mol. The number of unbranched alkanes of at least 4 members (excludes halogenated alkanes) is 4. The van der Waals surface area contributed by atoms with Crippen LogP contribution in [-0.4, -0.2) is 51.3 Å². The number of ether oxygens (including phenoxy) is 2. The summed E-state index contributed by atoms with van der Waals surface area (Å²) in [5, 5.41) is 24.2.